The highest BCUT2D eigenvalue weighted by molar-refractivity contribution is 5.95. The second-order valence-corrected chi connectivity index (χ2v) is 10.6. The number of benzene rings is 2. The summed E-state index contributed by atoms with van der Waals surface area (Å²) in [4.78, 5) is 31.9. The number of rotatable bonds is 6. The average Bonchev–Trinajstić information content (AvgIpc) is 3.31. The Kier molecular flexibility index (Phi) is 7.11. The molecule has 1 N–H and O–H groups in total. The van der Waals surface area contributed by atoms with Crippen molar-refractivity contribution in [1.82, 2.24) is 9.88 Å². The van der Waals surface area contributed by atoms with Crippen molar-refractivity contribution in [2.45, 2.75) is 66.3 Å². The number of pyridine rings is 1. The van der Waals surface area contributed by atoms with Gasteiger partial charge in [-0.1, -0.05) is 29.8 Å². The van der Waals surface area contributed by atoms with Crippen LogP contribution >= 0.6 is 0 Å². The van der Waals surface area contributed by atoms with Crippen LogP contribution < -0.4 is 4.74 Å². The van der Waals surface area contributed by atoms with E-state index in [-0.39, 0.29) is 5.91 Å². The van der Waals surface area contributed by atoms with E-state index in [0.717, 1.165) is 38.9 Å². The third-order valence-corrected chi connectivity index (χ3v) is 6.80. The first-order valence-corrected chi connectivity index (χ1v) is 12.3. The Morgan fingerprint density at radius 2 is 1.62 bits per heavy atom. The number of carbonyl (C=O) groups excluding carboxylic acids is 1. The number of aliphatic carboxylic acids is 1. The summed E-state index contributed by atoms with van der Waals surface area (Å²) in [5, 5.41) is 10.3. The van der Waals surface area contributed by atoms with Crippen LogP contribution in [0.4, 0.5) is 0 Å². The van der Waals surface area contributed by atoms with Crippen LogP contribution in [0.3, 0.4) is 0 Å². The Morgan fingerprint density at radius 3 is 2.19 bits per heavy atom. The Balaban J connectivity index is 1.88. The topological polar surface area (TPSA) is 89.0 Å². The minimum atomic E-state index is -1.16. The van der Waals surface area contributed by atoms with Crippen LogP contribution in [0.5, 0.6) is 5.75 Å². The molecule has 194 valence electrons. The number of carbonyl (C=O) groups is 2. The third kappa shape index (κ3) is 5.23. The lowest BCUT2D eigenvalue weighted by atomic mass is 9.83. The lowest BCUT2D eigenvalue weighted by Crippen LogP contribution is -2.28. The van der Waals surface area contributed by atoms with Gasteiger partial charge in [-0.3, -0.25) is 9.78 Å². The van der Waals surface area contributed by atoms with Crippen LogP contribution in [0.1, 0.15) is 70.6 Å². The molecule has 0 spiro atoms. The molecule has 37 heavy (non-hydrogen) atoms. The van der Waals surface area contributed by atoms with Crippen LogP contribution in [0.25, 0.3) is 11.1 Å². The molecule has 0 saturated heterocycles. The summed E-state index contributed by atoms with van der Waals surface area (Å²) in [5.74, 6) is -0.679. The van der Waals surface area contributed by atoms with Gasteiger partial charge in [0, 0.05) is 24.8 Å². The molecule has 1 aliphatic rings. The largest absolute Gasteiger partial charge is 0.495 e. The summed E-state index contributed by atoms with van der Waals surface area (Å²) in [6, 6.07) is 9.75. The average molecular weight is 503 g/mol. The first-order valence-electron chi connectivity index (χ1n) is 12.3. The van der Waals surface area contributed by atoms with Crippen molar-refractivity contribution in [3.63, 3.8) is 0 Å². The number of fused-ring (bicyclic) bond motifs is 1. The first-order chi connectivity index (χ1) is 17.4. The zero-order chi connectivity index (χ0) is 27.1. The fourth-order valence-corrected chi connectivity index (χ4v) is 5.00. The second-order valence-electron chi connectivity index (χ2n) is 10.6. The van der Waals surface area contributed by atoms with Crippen LogP contribution in [0.2, 0.25) is 0 Å². The monoisotopic (exact) mass is 502 g/mol. The molecule has 7 heteroatoms. The molecule has 3 aromatic rings. The maximum atomic E-state index is 13.4. The third-order valence-electron chi connectivity index (χ3n) is 6.80. The van der Waals surface area contributed by atoms with E-state index in [0.29, 0.717) is 30.0 Å². The van der Waals surface area contributed by atoms with Gasteiger partial charge in [-0.25, -0.2) is 4.79 Å². The van der Waals surface area contributed by atoms with Crippen molar-refractivity contribution < 1.29 is 24.2 Å². The van der Waals surface area contributed by atoms with Gasteiger partial charge in [0.05, 0.1) is 24.5 Å². The molecule has 1 unspecified atom stereocenters. The van der Waals surface area contributed by atoms with Gasteiger partial charge in [0.25, 0.3) is 5.91 Å². The van der Waals surface area contributed by atoms with Gasteiger partial charge in [-0.05, 0) is 81.0 Å². The lowest BCUT2D eigenvalue weighted by molar-refractivity contribution is -0.160. The predicted molar refractivity (Wildman–Crippen MR) is 142 cm³/mol. The van der Waals surface area contributed by atoms with Gasteiger partial charge in [0.15, 0.2) is 6.10 Å². The summed E-state index contributed by atoms with van der Waals surface area (Å²) in [7, 11) is 1.54. The summed E-state index contributed by atoms with van der Waals surface area (Å²) in [5.41, 5.74) is 7.12. The number of carboxylic acid groups (broad SMARTS) is 1. The van der Waals surface area contributed by atoms with Gasteiger partial charge in [-0.15, -0.1) is 0 Å². The molecular weight excluding hydrogens is 468 g/mol. The fourth-order valence-electron chi connectivity index (χ4n) is 5.00. The first kappa shape index (κ1) is 26.4. The predicted octanol–water partition coefficient (Wildman–Crippen LogP) is 5.78. The van der Waals surface area contributed by atoms with E-state index in [4.69, 9.17) is 9.47 Å². The highest BCUT2D eigenvalue weighted by atomic mass is 16.5. The molecule has 0 radical (unpaired) electrons. The van der Waals surface area contributed by atoms with Crippen LogP contribution in [0.15, 0.2) is 42.7 Å². The minimum Gasteiger partial charge on any atom is -0.495 e. The Hall–Kier alpha value is -3.71. The summed E-state index contributed by atoms with van der Waals surface area (Å²) in [6.45, 7) is 12.3. The van der Waals surface area contributed by atoms with Crippen LogP contribution in [-0.2, 0) is 22.6 Å². The molecule has 1 aliphatic heterocycles. The molecule has 2 heterocycles. The summed E-state index contributed by atoms with van der Waals surface area (Å²) >= 11 is 0. The van der Waals surface area contributed by atoms with Crippen molar-refractivity contribution in [2.24, 2.45) is 0 Å². The number of hydrogen-bond donors (Lipinski definition) is 1. The maximum Gasteiger partial charge on any atom is 0.337 e. The number of amides is 1. The van der Waals surface area contributed by atoms with E-state index in [1.54, 1.807) is 17.2 Å². The van der Waals surface area contributed by atoms with E-state index < -0.39 is 17.7 Å². The van der Waals surface area contributed by atoms with E-state index in [2.05, 4.69) is 4.98 Å². The lowest BCUT2D eigenvalue weighted by Gasteiger charge is -2.29. The van der Waals surface area contributed by atoms with Gasteiger partial charge in [-0.2, -0.15) is 0 Å². The quantitative estimate of drug-likeness (QED) is 0.460. The van der Waals surface area contributed by atoms with Gasteiger partial charge in [0.2, 0.25) is 0 Å². The molecular formula is C30H34N2O5. The molecule has 0 saturated carbocycles. The Morgan fingerprint density at radius 1 is 1.00 bits per heavy atom. The maximum absolute atomic E-state index is 13.4. The van der Waals surface area contributed by atoms with E-state index in [1.807, 2.05) is 65.8 Å². The second kappa shape index (κ2) is 9.98. The Labute approximate surface area is 218 Å². The number of aryl methyl sites for hydroxylation is 1. The number of ether oxygens (including phenoxy) is 2. The van der Waals surface area contributed by atoms with Crippen molar-refractivity contribution >= 4 is 11.9 Å². The molecule has 2 aromatic carbocycles. The molecule has 0 aliphatic carbocycles. The van der Waals surface area contributed by atoms with Gasteiger partial charge < -0.3 is 19.5 Å². The number of nitrogens with zero attached hydrogens (tertiary/aromatic N) is 2. The molecule has 0 fully saturated rings. The fraction of sp³-hybridized carbons (Fsp3) is 0.367. The van der Waals surface area contributed by atoms with Crippen molar-refractivity contribution in [3.8, 4) is 16.9 Å². The van der Waals surface area contributed by atoms with Gasteiger partial charge in [0.1, 0.15) is 5.75 Å². The molecule has 1 amide bonds. The Bertz CT molecular complexity index is 1360. The van der Waals surface area contributed by atoms with Crippen molar-refractivity contribution in [2.75, 3.05) is 7.11 Å². The van der Waals surface area contributed by atoms with E-state index in [9.17, 15) is 14.7 Å². The van der Waals surface area contributed by atoms with Crippen molar-refractivity contribution in [1.29, 1.82) is 0 Å². The minimum absolute atomic E-state index is 0.152. The standard InChI is InChI=1S/C30H34N2O5/c1-17-8-10-20(11-9-17)25-18(2)23-15-32(28(33)21-12-22(36-7)14-31-13-21)16-24(23)19(3)26(25)27(29(34)35)37-30(4,5)6/h8-14,27H,15-16H2,1-7H3,(H,34,35). The SMILES string of the molecule is COc1cncc(C(=O)N2Cc3c(C)c(-c4ccc(C)cc4)c(C(OC(C)(C)C)C(=O)O)c(C)c3C2)c1. The number of hydrogen-bond acceptors (Lipinski definition) is 5. The normalized spacial score (nSPS) is 13.9. The molecule has 1 atom stereocenters. The van der Waals surface area contributed by atoms with Crippen LogP contribution in [-0.4, -0.2) is 39.6 Å². The zero-order valence-corrected chi connectivity index (χ0v) is 22.5. The highest BCUT2D eigenvalue weighted by Gasteiger charge is 2.36. The van der Waals surface area contributed by atoms with Gasteiger partial charge >= 0.3 is 5.97 Å². The smallest absolute Gasteiger partial charge is 0.337 e. The highest BCUT2D eigenvalue weighted by Crippen LogP contribution is 2.44. The number of aromatic nitrogens is 1. The summed E-state index contributed by atoms with van der Waals surface area (Å²) < 4.78 is 11.4. The molecule has 7 nitrogen and oxygen atoms in total. The van der Waals surface area contributed by atoms with Crippen molar-refractivity contribution in [3.05, 3.63) is 81.7 Å². The van der Waals surface area contributed by atoms with E-state index in [1.165, 1.54) is 13.3 Å². The van der Waals surface area contributed by atoms with Crippen LogP contribution in [0, 0.1) is 20.8 Å². The zero-order valence-electron chi connectivity index (χ0n) is 22.5. The molecule has 1 aromatic heterocycles. The summed E-state index contributed by atoms with van der Waals surface area (Å²) in [6.07, 6.45) is 1.94. The van der Waals surface area contributed by atoms with E-state index >= 15 is 0 Å². The number of carboxylic acids is 1. The molecule has 0 bridgehead atoms. The molecule has 4 rings (SSSR count). The number of methoxy groups -OCH3 is 1.